The second kappa shape index (κ2) is 9.77. The van der Waals surface area contributed by atoms with Gasteiger partial charge in [-0.25, -0.2) is 4.68 Å². The summed E-state index contributed by atoms with van der Waals surface area (Å²) in [7, 11) is 1.62. The Kier molecular flexibility index (Phi) is 6.40. The van der Waals surface area contributed by atoms with Crippen LogP contribution in [0.4, 0.5) is 0 Å². The number of piperidine rings is 1. The fourth-order valence-electron chi connectivity index (χ4n) is 4.93. The van der Waals surface area contributed by atoms with Crippen molar-refractivity contribution in [3.8, 4) is 5.75 Å². The summed E-state index contributed by atoms with van der Waals surface area (Å²) in [5.74, 6) is 1.97. The largest absolute Gasteiger partial charge is 0.497 e. The van der Waals surface area contributed by atoms with Crippen LogP contribution in [0.15, 0.2) is 59.4 Å². The number of pyridine rings is 1. The first kappa shape index (κ1) is 22.3. The number of likely N-dealkylation sites (tertiary alicyclic amines) is 1. The highest BCUT2D eigenvalue weighted by Gasteiger charge is 2.32. The third-order valence-corrected chi connectivity index (χ3v) is 6.69. The van der Waals surface area contributed by atoms with Gasteiger partial charge in [0.25, 0.3) is 5.56 Å². The van der Waals surface area contributed by atoms with Crippen molar-refractivity contribution in [3.63, 3.8) is 0 Å². The van der Waals surface area contributed by atoms with Crippen LogP contribution in [0.25, 0.3) is 10.9 Å². The predicted octanol–water partition coefficient (Wildman–Crippen LogP) is 3.59. The molecule has 2 aromatic heterocycles. The first-order chi connectivity index (χ1) is 16.6. The Morgan fingerprint density at radius 2 is 2.03 bits per heavy atom. The van der Waals surface area contributed by atoms with Crippen molar-refractivity contribution in [1.29, 1.82) is 0 Å². The van der Waals surface area contributed by atoms with Crippen molar-refractivity contribution in [2.24, 2.45) is 5.92 Å². The second-order valence-electron chi connectivity index (χ2n) is 9.15. The number of tetrazole rings is 1. The van der Waals surface area contributed by atoms with Crippen LogP contribution in [0.2, 0.25) is 0 Å². The Balaban J connectivity index is 1.56. The van der Waals surface area contributed by atoms with E-state index in [2.05, 4.69) is 44.5 Å². The number of aromatic amines is 1. The fourth-order valence-corrected chi connectivity index (χ4v) is 4.93. The number of rotatable bonds is 7. The van der Waals surface area contributed by atoms with E-state index in [1.165, 1.54) is 12.0 Å². The first-order valence-electron chi connectivity index (χ1n) is 11.9. The Bertz CT molecular complexity index is 1320. The summed E-state index contributed by atoms with van der Waals surface area (Å²) in [5, 5.41) is 13.7. The minimum Gasteiger partial charge on any atom is -0.497 e. The predicted molar refractivity (Wildman–Crippen MR) is 131 cm³/mol. The van der Waals surface area contributed by atoms with Crippen LogP contribution in [0.5, 0.6) is 5.75 Å². The molecule has 1 aliphatic rings. The Morgan fingerprint density at radius 1 is 1.18 bits per heavy atom. The molecule has 0 aliphatic carbocycles. The number of ether oxygens (including phenoxy) is 1. The number of fused-ring (bicyclic) bond motifs is 1. The van der Waals surface area contributed by atoms with Gasteiger partial charge in [0.1, 0.15) is 11.8 Å². The number of H-pyrrole nitrogens is 1. The smallest absolute Gasteiger partial charge is 0.253 e. The van der Waals surface area contributed by atoms with Crippen LogP contribution in [0.3, 0.4) is 0 Å². The van der Waals surface area contributed by atoms with Crippen LogP contribution >= 0.6 is 0 Å². The van der Waals surface area contributed by atoms with Crippen LogP contribution in [0.1, 0.15) is 42.8 Å². The van der Waals surface area contributed by atoms with Gasteiger partial charge in [-0.15, -0.1) is 5.10 Å². The van der Waals surface area contributed by atoms with Gasteiger partial charge in [0.05, 0.1) is 12.6 Å². The van der Waals surface area contributed by atoms with Crippen LogP contribution in [-0.2, 0) is 13.0 Å². The van der Waals surface area contributed by atoms with Crippen LogP contribution < -0.4 is 10.3 Å². The molecule has 1 fully saturated rings. The highest BCUT2D eigenvalue weighted by Crippen LogP contribution is 2.31. The molecule has 2 aromatic carbocycles. The highest BCUT2D eigenvalue weighted by molar-refractivity contribution is 5.80. The lowest BCUT2D eigenvalue weighted by atomic mass is 9.95. The van der Waals surface area contributed by atoms with Gasteiger partial charge in [0, 0.05) is 24.7 Å². The average molecular weight is 459 g/mol. The van der Waals surface area contributed by atoms with Gasteiger partial charge in [-0.3, -0.25) is 9.69 Å². The SMILES string of the molecule is COc1ccc2cc([C@@H](c3nnnn3CCc3ccccc3)N3CCC[C@@H](C)C3)c(=O)[nH]c2c1. The van der Waals surface area contributed by atoms with Crippen molar-refractivity contribution in [1.82, 2.24) is 30.1 Å². The summed E-state index contributed by atoms with van der Waals surface area (Å²) in [4.78, 5) is 18.8. The fraction of sp³-hybridized carbons (Fsp3) is 0.385. The molecule has 1 saturated heterocycles. The highest BCUT2D eigenvalue weighted by atomic mass is 16.5. The van der Waals surface area contributed by atoms with E-state index in [0.29, 0.717) is 29.6 Å². The van der Waals surface area contributed by atoms with Crippen molar-refractivity contribution in [2.75, 3.05) is 20.2 Å². The average Bonchev–Trinajstić information content (AvgIpc) is 3.32. The zero-order valence-electron chi connectivity index (χ0n) is 19.6. The van der Waals surface area contributed by atoms with E-state index in [9.17, 15) is 4.79 Å². The van der Waals surface area contributed by atoms with E-state index >= 15 is 0 Å². The number of aromatic nitrogens is 5. The lowest BCUT2D eigenvalue weighted by Gasteiger charge is -2.36. The molecule has 176 valence electrons. The monoisotopic (exact) mass is 458 g/mol. The number of benzene rings is 2. The van der Waals surface area contributed by atoms with Gasteiger partial charge in [-0.2, -0.15) is 0 Å². The van der Waals surface area contributed by atoms with E-state index in [-0.39, 0.29) is 11.6 Å². The summed E-state index contributed by atoms with van der Waals surface area (Å²) in [5.41, 5.74) is 2.52. The summed E-state index contributed by atoms with van der Waals surface area (Å²) in [6.45, 7) is 4.71. The molecule has 0 unspecified atom stereocenters. The molecule has 8 nitrogen and oxygen atoms in total. The normalized spacial score (nSPS) is 17.6. The van der Waals surface area contributed by atoms with Gasteiger partial charge in [0.15, 0.2) is 5.82 Å². The van der Waals surface area contributed by atoms with Crippen LogP contribution in [-0.4, -0.2) is 50.3 Å². The lowest BCUT2D eigenvalue weighted by Crippen LogP contribution is -2.41. The molecule has 1 N–H and O–H groups in total. The molecule has 3 heterocycles. The van der Waals surface area contributed by atoms with E-state index in [1.54, 1.807) is 7.11 Å². The van der Waals surface area contributed by atoms with Gasteiger partial charge in [0.2, 0.25) is 0 Å². The standard InChI is InChI=1S/C26H30N6O2/c1-18-7-6-13-31(17-18)24(22-15-20-10-11-21(34-2)16-23(20)27-26(22)33)25-28-29-30-32(25)14-12-19-8-4-3-5-9-19/h3-5,8-11,15-16,18,24H,6-7,12-14,17H2,1-2H3,(H,27,33)/t18-,24+/m1/s1. The molecule has 34 heavy (non-hydrogen) atoms. The van der Waals surface area contributed by atoms with Gasteiger partial charge >= 0.3 is 0 Å². The van der Waals surface area contributed by atoms with Gasteiger partial charge in [-0.05, 0) is 71.3 Å². The summed E-state index contributed by atoms with van der Waals surface area (Å²) in [6.07, 6.45) is 3.10. The van der Waals surface area contributed by atoms with E-state index in [1.807, 2.05) is 47.1 Å². The van der Waals surface area contributed by atoms with Crippen molar-refractivity contribution in [2.45, 2.75) is 38.8 Å². The maximum absolute atomic E-state index is 13.4. The molecule has 5 rings (SSSR count). The molecule has 0 bridgehead atoms. The molecule has 0 radical (unpaired) electrons. The summed E-state index contributed by atoms with van der Waals surface area (Å²) < 4.78 is 7.18. The molecular formula is C26H30N6O2. The molecule has 4 aromatic rings. The van der Waals surface area contributed by atoms with E-state index in [4.69, 9.17) is 4.74 Å². The van der Waals surface area contributed by atoms with Crippen molar-refractivity contribution < 1.29 is 4.74 Å². The zero-order valence-corrected chi connectivity index (χ0v) is 19.6. The lowest BCUT2D eigenvalue weighted by molar-refractivity contribution is 0.141. The third kappa shape index (κ3) is 4.59. The molecule has 0 saturated carbocycles. The topological polar surface area (TPSA) is 88.9 Å². The number of hydrogen-bond acceptors (Lipinski definition) is 6. The third-order valence-electron chi connectivity index (χ3n) is 6.69. The number of nitrogens with one attached hydrogen (secondary N) is 1. The summed E-state index contributed by atoms with van der Waals surface area (Å²) in [6, 6.07) is 17.7. The van der Waals surface area contributed by atoms with E-state index < -0.39 is 0 Å². The molecular weight excluding hydrogens is 428 g/mol. The molecule has 2 atom stereocenters. The maximum Gasteiger partial charge on any atom is 0.253 e. The van der Waals surface area contributed by atoms with Crippen LogP contribution in [0, 0.1) is 5.92 Å². The number of nitrogens with zero attached hydrogens (tertiary/aromatic N) is 5. The molecule has 0 spiro atoms. The Morgan fingerprint density at radius 3 is 2.82 bits per heavy atom. The second-order valence-corrected chi connectivity index (χ2v) is 9.15. The quantitative estimate of drug-likeness (QED) is 0.455. The van der Waals surface area contributed by atoms with Gasteiger partial charge < -0.3 is 9.72 Å². The number of hydrogen-bond donors (Lipinski definition) is 1. The van der Waals surface area contributed by atoms with Crippen molar-refractivity contribution in [3.05, 3.63) is 81.9 Å². The van der Waals surface area contributed by atoms with Gasteiger partial charge in [-0.1, -0.05) is 37.3 Å². The number of aryl methyl sites for hydroxylation is 2. The minimum absolute atomic E-state index is 0.124. The van der Waals surface area contributed by atoms with Crippen molar-refractivity contribution >= 4 is 10.9 Å². The molecule has 1 aliphatic heterocycles. The minimum atomic E-state index is -0.316. The Labute approximate surface area is 198 Å². The Hall–Kier alpha value is -3.52. The first-order valence-corrected chi connectivity index (χ1v) is 11.9. The number of methoxy groups -OCH3 is 1. The molecule has 0 amide bonds. The summed E-state index contributed by atoms with van der Waals surface area (Å²) >= 11 is 0. The molecule has 8 heteroatoms. The zero-order chi connectivity index (χ0) is 23.5. The maximum atomic E-state index is 13.4. The van der Waals surface area contributed by atoms with E-state index in [0.717, 1.165) is 36.8 Å².